The maximum Gasteiger partial charge on any atom is 0.247 e. The maximum absolute atomic E-state index is 12.7. The number of carbonyl (C=O) groups is 2. The van der Waals surface area contributed by atoms with Crippen molar-refractivity contribution >= 4 is 46.4 Å². The molecule has 0 saturated carbocycles. The predicted octanol–water partition coefficient (Wildman–Crippen LogP) is 3.39. The van der Waals surface area contributed by atoms with E-state index in [1.807, 2.05) is 0 Å². The Morgan fingerprint density at radius 2 is 1.15 bits per heavy atom. The zero-order valence-electron chi connectivity index (χ0n) is 14.2. The third-order valence-corrected chi connectivity index (χ3v) is 4.52. The van der Waals surface area contributed by atoms with Crippen molar-refractivity contribution in [3.63, 3.8) is 0 Å². The van der Waals surface area contributed by atoms with E-state index < -0.39 is 0 Å². The lowest BCUT2D eigenvalue weighted by molar-refractivity contribution is -0.125. The van der Waals surface area contributed by atoms with Crippen molar-refractivity contribution < 1.29 is 19.1 Å². The van der Waals surface area contributed by atoms with Gasteiger partial charge in [0.05, 0.1) is 25.6 Å². The van der Waals surface area contributed by atoms with Crippen molar-refractivity contribution in [2.24, 2.45) is 0 Å². The highest BCUT2D eigenvalue weighted by molar-refractivity contribution is 6.31. The summed E-state index contributed by atoms with van der Waals surface area (Å²) in [6.45, 7) is -0.295. The number of nitrogens with zero attached hydrogens (tertiary/aromatic N) is 2. The summed E-state index contributed by atoms with van der Waals surface area (Å²) in [7, 11) is 2.98. The molecule has 8 heteroatoms. The number of rotatable bonds is 4. The lowest BCUT2D eigenvalue weighted by Gasteiger charge is -2.35. The minimum Gasteiger partial charge on any atom is -0.495 e. The molecule has 136 valence electrons. The topological polar surface area (TPSA) is 59.1 Å². The molecule has 1 aliphatic rings. The van der Waals surface area contributed by atoms with Crippen LogP contribution in [0.5, 0.6) is 11.5 Å². The van der Waals surface area contributed by atoms with Gasteiger partial charge in [-0.15, -0.1) is 0 Å². The smallest absolute Gasteiger partial charge is 0.247 e. The average Bonchev–Trinajstić information content (AvgIpc) is 2.63. The van der Waals surface area contributed by atoms with Gasteiger partial charge in [-0.2, -0.15) is 0 Å². The normalized spacial score (nSPS) is 14.6. The summed E-state index contributed by atoms with van der Waals surface area (Å²) in [4.78, 5) is 28.2. The molecule has 0 atom stereocenters. The molecule has 26 heavy (non-hydrogen) atoms. The summed E-state index contributed by atoms with van der Waals surface area (Å²) >= 11 is 12.1. The number of ether oxygens (including phenoxy) is 2. The Morgan fingerprint density at radius 1 is 0.769 bits per heavy atom. The largest absolute Gasteiger partial charge is 0.495 e. The van der Waals surface area contributed by atoms with Crippen molar-refractivity contribution in [1.82, 2.24) is 0 Å². The fourth-order valence-electron chi connectivity index (χ4n) is 2.80. The lowest BCUT2D eigenvalue weighted by atomic mass is 10.2. The Bertz CT molecular complexity index is 801. The van der Waals surface area contributed by atoms with Crippen LogP contribution >= 0.6 is 23.2 Å². The zero-order chi connectivity index (χ0) is 18.8. The lowest BCUT2D eigenvalue weighted by Crippen LogP contribution is -2.54. The molecular weight excluding hydrogens is 379 g/mol. The first-order valence-electron chi connectivity index (χ1n) is 7.72. The molecule has 0 bridgehead atoms. The van der Waals surface area contributed by atoms with Crippen molar-refractivity contribution in [2.45, 2.75) is 0 Å². The van der Waals surface area contributed by atoms with Gasteiger partial charge in [0.15, 0.2) is 0 Å². The summed E-state index contributed by atoms with van der Waals surface area (Å²) in [6, 6.07) is 9.82. The fourth-order valence-corrected chi connectivity index (χ4v) is 3.14. The van der Waals surface area contributed by atoms with Gasteiger partial charge in [-0.1, -0.05) is 23.2 Å². The van der Waals surface area contributed by atoms with Crippen LogP contribution in [0.25, 0.3) is 0 Å². The molecule has 2 aromatic rings. The van der Waals surface area contributed by atoms with E-state index in [9.17, 15) is 9.59 Å². The van der Waals surface area contributed by atoms with Crippen molar-refractivity contribution in [3.8, 4) is 11.5 Å². The number of hydrogen-bond acceptors (Lipinski definition) is 4. The number of hydrogen-bond donors (Lipinski definition) is 0. The third kappa shape index (κ3) is 3.43. The minimum absolute atomic E-state index is 0.148. The van der Waals surface area contributed by atoms with Crippen LogP contribution < -0.4 is 19.3 Å². The number of halogens is 2. The highest BCUT2D eigenvalue weighted by atomic mass is 35.5. The second-order valence-corrected chi connectivity index (χ2v) is 6.46. The quantitative estimate of drug-likeness (QED) is 0.797. The van der Waals surface area contributed by atoms with Gasteiger partial charge in [-0.05, 0) is 36.4 Å². The molecule has 1 saturated heterocycles. The second kappa shape index (κ2) is 7.43. The molecule has 2 amide bonds. The van der Waals surface area contributed by atoms with Gasteiger partial charge < -0.3 is 9.47 Å². The fraction of sp³-hybridized carbons (Fsp3) is 0.222. The van der Waals surface area contributed by atoms with Crippen LogP contribution in [-0.2, 0) is 9.59 Å². The Hall–Kier alpha value is -2.44. The molecule has 0 aliphatic carbocycles. The van der Waals surface area contributed by atoms with Gasteiger partial charge in [0.2, 0.25) is 11.8 Å². The van der Waals surface area contributed by atoms with Gasteiger partial charge in [0.25, 0.3) is 0 Å². The van der Waals surface area contributed by atoms with Crippen molar-refractivity contribution in [2.75, 3.05) is 37.1 Å². The molecule has 0 aromatic heterocycles. The monoisotopic (exact) mass is 394 g/mol. The van der Waals surface area contributed by atoms with E-state index in [0.29, 0.717) is 32.9 Å². The van der Waals surface area contributed by atoms with Crippen LogP contribution in [0.2, 0.25) is 10.0 Å². The molecule has 0 spiro atoms. The second-order valence-electron chi connectivity index (χ2n) is 5.59. The van der Waals surface area contributed by atoms with Gasteiger partial charge in [0, 0.05) is 10.0 Å². The van der Waals surface area contributed by atoms with Gasteiger partial charge in [-0.3, -0.25) is 19.4 Å². The van der Waals surface area contributed by atoms with E-state index in [4.69, 9.17) is 32.7 Å². The van der Waals surface area contributed by atoms with E-state index >= 15 is 0 Å². The number of carbonyl (C=O) groups excluding carboxylic acids is 2. The van der Waals surface area contributed by atoms with E-state index in [-0.39, 0.29) is 24.9 Å². The van der Waals surface area contributed by atoms with E-state index in [1.165, 1.54) is 24.0 Å². The highest BCUT2D eigenvalue weighted by Gasteiger charge is 2.34. The first-order chi connectivity index (χ1) is 12.4. The van der Waals surface area contributed by atoms with Crippen LogP contribution in [0, 0.1) is 0 Å². The summed E-state index contributed by atoms with van der Waals surface area (Å²) in [5.41, 5.74) is 0.909. The first-order valence-corrected chi connectivity index (χ1v) is 8.48. The SMILES string of the molecule is COc1ccc(Cl)cc1N1CC(=O)N(c2cc(Cl)ccc2OC)CC1=O. The molecule has 2 aromatic carbocycles. The zero-order valence-corrected chi connectivity index (χ0v) is 15.7. The molecule has 1 aliphatic heterocycles. The number of amides is 2. The molecule has 1 heterocycles. The minimum atomic E-state index is -0.271. The van der Waals surface area contributed by atoms with Gasteiger partial charge >= 0.3 is 0 Å². The summed E-state index contributed by atoms with van der Waals surface area (Å²) in [5.74, 6) is 0.382. The van der Waals surface area contributed by atoms with Crippen LogP contribution in [0.1, 0.15) is 0 Å². The van der Waals surface area contributed by atoms with E-state index in [1.54, 1.807) is 36.4 Å². The molecule has 1 fully saturated rings. The Kier molecular flexibility index (Phi) is 5.25. The summed E-state index contributed by atoms with van der Waals surface area (Å²) in [5, 5.41) is 0.889. The molecule has 0 unspecified atom stereocenters. The van der Waals surface area contributed by atoms with E-state index in [0.717, 1.165) is 0 Å². The Morgan fingerprint density at radius 3 is 1.50 bits per heavy atom. The van der Waals surface area contributed by atoms with Crippen molar-refractivity contribution in [1.29, 1.82) is 0 Å². The number of methoxy groups -OCH3 is 2. The Balaban J connectivity index is 1.94. The third-order valence-electron chi connectivity index (χ3n) is 4.05. The first kappa shape index (κ1) is 18.4. The molecular formula is C18H16Cl2N2O4. The molecule has 6 nitrogen and oxygen atoms in total. The van der Waals surface area contributed by atoms with Crippen molar-refractivity contribution in [3.05, 3.63) is 46.4 Å². The molecule has 3 rings (SSSR count). The molecule has 0 N–H and O–H groups in total. The van der Waals surface area contributed by atoms with Crippen LogP contribution in [-0.4, -0.2) is 39.1 Å². The number of piperazine rings is 1. The summed E-state index contributed by atoms with van der Waals surface area (Å²) < 4.78 is 10.6. The van der Waals surface area contributed by atoms with Crippen LogP contribution in [0.4, 0.5) is 11.4 Å². The van der Waals surface area contributed by atoms with E-state index in [2.05, 4.69) is 0 Å². The average molecular weight is 395 g/mol. The maximum atomic E-state index is 12.7. The Labute approximate surface area is 160 Å². The number of anilines is 2. The standard InChI is InChI=1S/C18H16Cl2N2O4/c1-25-15-5-3-11(19)7-13(15)21-9-18(24)22(10-17(21)23)14-8-12(20)4-6-16(14)26-2/h3-8H,9-10H2,1-2H3. The van der Waals surface area contributed by atoms with Gasteiger partial charge in [-0.25, -0.2) is 0 Å². The van der Waals surface area contributed by atoms with Crippen LogP contribution in [0.3, 0.4) is 0 Å². The molecule has 0 radical (unpaired) electrons. The van der Waals surface area contributed by atoms with Crippen LogP contribution in [0.15, 0.2) is 36.4 Å². The number of benzene rings is 2. The van der Waals surface area contributed by atoms with Gasteiger partial charge in [0.1, 0.15) is 24.6 Å². The summed E-state index contributed by atoms with van der Waals surface area (Å²) in [6.07, 6.45) is 0. The highest BCUT2D eigenvalue weighted by Crippen LogP contribution is 2.35. The predicted molar refractivity (Wildman–Crippen MR) is 101 cm³/mol.